The van der Waals surface area contributed by atoms with E-state index in [-0.39, 0.29) is 11.7 Å². The molecule has 0 amide bonds. The molecule has 0 unspecified atom stereocenters. The average molecular weight is 564 g/mol. The monoisotopic (exact) mass is 563 g/mol. The van der Waals surface area contributed by atoms with Crippen LogP contribution in [-0.2, 0) is 24.4 Å². The highest BCUT2D eigenvalue weighted by Crippen LogP contribution is 2.30. The Hall–Kier alpha value is -4.34. The molecule has 5 aromatic rings. The first-order chi connectivity index (χ1) is 20.6. The molecule has 2 saturated heterocycles. The third-order valence-corrected chi connectivity index (χ3v) is 8.50. The number of carbonyl (C=O) groups is 1. The summed E-state index contributed by atoms with van der Waals surface area (Å²) in [7, 11) is 0. The van der Waals surface area contributed by atoms with Crippen LogP contribution in [0.3, 0.4) is 0 Å². The molecular formula is C33H33N5O4. The zero-order chi connectivity index (χ0) is 28.5. The number of benzene rings is 2. The number of fused-ring (bicyclic) bond motifs is 2. The van der Waals surface area contributed by atoms with E-state index in [0.717, 1.165) is 77.8 Å². The van der Waals surface area contributed by atoms with E-state index in [4.69, 9.17) is 19.4 Å². The molecule has 0 radical (unpaired) electrons. The maximum absolute atomic E-state index is 11.6. The molecule has 0 saturated carbocycles. The van der Waals surface area contributed by atoms with E-state index >= 15 is 0 Å². The second-order valence-corrected chi connectivity index (χ2v) is 11.2. The molecule has 42 heavy (non-hydrogen) atoms. The topological polar surface area (TPSA) is 103 Å². The van der Waals surface area contributed by atoms with Crippen molar-refractivity contribution < 1.29 is 19.4 Å². The van der Waals surface area contributed by atoms with E-state index in [0.29, 0.717) is 31.5 Å². The van der Waals surface area contributed by atoms with Gasteiger partial charge in [0.25, 0.3) is 0 Å². The van der Waals surface area contributed by atoms with Gasteiger partial charge in [-0.05, 0) is 62.0 Å². The van der Waals surface area contributed by atoms with Crippen LogP contribution in [-0.4, -0.2) is 61.3 Å². The van der Waals surface area contributed by atoms with Gasteiger partial charge in [0.2, 0.25) is 5.88 Å². The summed E-state index contributed by atoms with van der Waals surface area (Å²) in [6.07, 6.45) is 6.89. The van der Waals surface area contributed by atoms with Gasteiger partial charge >= 0.3 is 5.97 Å². The van der Waals surface area contributed by atoms with Crippen LogP contribution in [0.25, 0.3) is 21.8 Å². The summed E-state index contributed by atoms with van der Waals surface area (Å²) < 4.78 is 14.0. The van der Waals surface area contributed by atoms with Crippen LogP contribution >= 0.6 is 0 Å². The fourth-order valence-corrected chi connectivity index (χ4v) is 6.03. The first kappa shape index (κ1) is 26.6. The molecule has 2 aromatic carbocycles. The highest BCUT2D eigenvalue weighted by Gasteiger charge is 2.26. The van der Waals surface area contributed by atoms with Crippen LogP contribution in [0.4, 0.5) is 0 Å². The maximum atomic E-state index is 11.6. The standard InChI is InChI=1S/C33H33N5O4/c39-33(40)23-8-9-29-30(16-23)38(19-26-12-15-41-26)31(35-29)20-37-13-10-22(11-14-37)28-6-3-7-32(36-28)42-21-25-18-34-17-24-4-1-2-5-27(24)25/h1-9,16-18,22,26H,10-15,19-21H2,(H,39,40)/t26-/m0/s1. The lowest BCUT2D eigenvalue weighted by molar-refractivity contribution is -0.0592. The van der Waals surface area contributed by atoms with Crippen molar-refractivity contribution in [2.45, 2.75) is 51.0 Å². The quantitative estimate of drug-likeness (QED) is 0.254. The third-order valence-electron chi connectivity index (χ3n) is 8.50. The van der Waals surface area contributed by atoms with Gasteiger partial charge in [-0.25, -0.2) is 14.8 Å². The first-order valence-electron chi connectivity index (χ1n) is 14.6. The normalized spacial score (nSPS) is 17.9. The largest absolute Gasteiger partial charge is 0.478 e. The number of nitrogens with zero attached hydrogens (tertiary/aromatic N) is 5. The number of carboxylic acids is 1. The summed E-state index contributed by atoms with van der Waals surface area (Å²) in [4.78, 5) is 28.2. The highest BCUT2D eigenvalue weighted by molar-refractivity contribution is 5.92. The van der Waals surface area contributed by atoms with Crippen LogP contribution < -0.4 is 4.74 Å². The zero-order valence-electron chi connectivity index (χ0n) is 23.4. The molecule has 1 atom stereocenters. The number of likely N-dealkylation sites (tertiary alicyclic amines) is 1. The lowest BCUT2D eigenvalue weighted by Crippen LogP contribution is -2.35. The Balaban J connectivity index is 1.01. The van der Waals surface area contributed by atoms with Gasteiger partial charge in [0, 0.05) is 47.6 Å². The smallest absolute Gasteiger partial charge is 0.335 e. The Morgan fingerprint density at radius 2 is 1.86 bits per heavy atom. The van der Waals surface area contributed by atoms with Crippen LogP contribution in [0, 0.1) is 0 Å². The number of carboxylic acid groups (broad SMARTS) is 1. The van der Waals surface area contributed by atoms with Gasteiger partial charge in [-0.3, -0.25) is 9.88 Å². The number of piperidine rings is 1. The van der Waals surface area contributed by atoms with Crippen molar-refractivity contribution in [3.63, 3.8) is 0 Å². The van der Waals surface area contributed by atoms with E-state index < -0.39 is 5.97 Å². The van der Waals surface area contributed by atoms with Crippen LogP contribution in [0.1, 0.15) is 52.6 Å². The molecule has 1 N–H and O–H groups in total. The summed E-state index contributed by atoms with van der Waals surface area (Å²) in [5.74, 6) is 1.03. The minimum Gasteiger partial charge on any atom is -0.478 e. The van der Waals surface area contributed by atoms with Gasteiger partial charge in [-0.15, -0.1) is 0 Å². The minimum atomic E-state index is -0.929. The molecule has 7 rings (SSSR count). The lowest BCUT2D eigenvalue weighted by Gasteiger charge is -2.32. The molecular weight excluding hydrogens is 530 g/mol. The third kappa shape index (κ3) is 5.45. The summed E-state index contributed by atoms with van der Waals surface area (Å²) in [5, 5.41) is 11.8. The number of hydrogen-bond acceptors (Lipinski definition) is 7. The second kappa shape index (κ2) is 11.5. The molecule has 2 aliphatic heterocycles. The summed E-state index contributed by atoms with van der Waals surface area (Å²) in [6, 6.07) is 19.4. The Labute approximate surface area is 243 Å². The number of pyridine rings is 2. The summed E-state index contributed by atoms with van der Waals surface area (Å²) >= 11 is 0. The number of aromatic nitrogens is 4. The fraction of sp³-hybridized carbons (Fsp3) is 0.333. The molecule has 5 heterocycles. The Kier molecular flexibility index (Phi) is 7.27. The highest BCUT2D eigenvalue weighted by atomic mass is 16.5. The number of imidazole rings is 1. The van der Waals surface area contributed by atoms with E-state index in [1.54, 1.807) is 12.1 Å². The predicted octanol–water partition coefficient (Wildman–Crippen LogP) is 5.43. The van der Waals surface area contributed by atoms with Crippen LogP contribution in [0.2, 0.25) is 0 Å². The number of hydrogen-bond donors (Lipinski definition) is 1. The number of rotatable bonds is 9. The Bertz CT molecular complexity index is 1730. The molecule has 0 bridgehead atoms. The van der Waals surface area contributed by atoms with Crippen molar-refractivity contribution in [3.05, 3.63) is 95.7 Å². The minimum absolute atomic E-state index is 0.151. The SMILES string of the molecule is O=C(O)c1ccc2nc(CN3CCC(c4cccc(OCc5cncc6ccccc56)n4)CC3)n(C[C@@H]3CCO3)c2c1. The maximum Gasteiger partial charge on any atom is 0.335 e. The van der Waals surface area contributed by atoms with E-state index in [2.05, 4.69) is 32.7 Å². The van der Waals surface area contributed by atoms with Crippen molar-refractivity contribution >= 4 is 27.8 Å². The molecule has 9 heteroatoms. The van der Waals surface area contributed by atoms with Crippen molar-refractivity contribution in [2.24, 2.45) is 0 Å². The van der Waals surface area contributed by atoms with E-state index in [1.165, 1.54) is 0 Å². The average Bonchev–Trinajstić information content (AvgIpc) is 3.34. The van der Waals surface area contributed by atoms with Gasteiger partial charge < -0.3 is 19.1 Å². The molecule has 2 aliphatic rings. The Morgan fingerprint density at radius 1 is 1.00 bits per heavy atom. The summed E-state index contributed by atoms with van der Waals surface area (Å²) in [6.45, 7) is 4.47. The number of aromatic carboxylic acids is 1. The molecule has 0 spiro atoms. The van der Waals surface area contributed by atoms with Crippen LogP contribution in [0.5, 0.6) is 5.88 Å². The van der Waals surface area contributed by atoms with Gasteiger partial charge in [-0.2, -0.15) is 0 Å². The number of ether oxygens (including phenoxy) is 2. The summed E-state index contributed by atoms with van der Waals surface area (Å²) in [5.41, 5.74) is 4.07. The van der Waals surface area contributed by atoms with Crippen molar-refractivity contribution in [1.29, 1.82) is 0 Å². The van der Waals surface area contributed by atoms with Crippen molar-refractivity contribution in [1.82, 2.24) is 24.4 Å². The van der Waals surface area contributed by atoms with Crippen molar-refractivity contribution in [3.8, 4) is 5.88 Å². The molecule has 0 aliphatic carbocycles. The fourth-order valence-electron chi connectivity index (χ4n) is 6.03. The molecule has 214 valence electrons. The Morgan fingerprint density at radius 3 is 2.67 bits per heavy atom. The van der Waals surface area contributed by atoms with Crippen LogP contribution in [0.15, 0.2) is 73.1 Å². The van der Waals surface area contributed by atoms with Gasteiger partial charge in [0.15, 0.2) is 0 Å². The molecule has 3 aromatic heterocycles. The predicted molar refractivity (Wildman–Crippen MR) is 159 cm³/mol. The van der Waals surface area contributed by atoms with E-state index in [9.17, 15) is 9.90 Å². The van der Waals surface area contributed by atoms with Gasteiger partial charge in [-0.1, -0.05) is 30.3 Å². The van der Waals surface area contributed by atoms with Crippen molar-refractivity contribution in [2.75, 3.05) is 19.7 Å². The first-order valence-corrected chi connectivity index (χ1v) is 14.6. The molecule has 9 nitrogen and oxygen atoms in total. The lowest BCUT2D eigenvalue weighted by atomic mass is 9.93. The van der Waals surface area contributed by atoms with Gasteiger partial charge in [0.1, 0.15) is 12.4 Å². The zero-order valence-corrected chi connectivity index (χ0v) is 23.4. The van der Waals surface area contributed by atoms with E-state index in [1.807, 2.05) is 42.7 Å². The second-order valence-electron chi connectivity index (χ2n) is 11.2. The molecule has 2 fully saturated rings. The van der Waals surface area contributed by atoms with Gasteiger partial charge in [0.05, 0.1) is 35.8 Å².